The fraction of sp³-hybridized carbons (Fsp3) is 0.333. The van der Waals surface area contributed by atoms with Gasteiger partial charge in [-0.05, 0) is 31.9 Å². The summed E-state index contributed by atoms with van der Waals surface area (Å²) in [4.78, 5) is 27.4. The van der Waals surface area contributed by atoms with Crippen molar-refractivity contribution in [2.75, 3.05) is 0 Å². The molecule has 0 radical (unpaired) electrons. The molecule has 1 amide bonds. The van der Waals surface area contributed by atoms with Gasteiger partial charge in [-0.3, -0.25) is 4.79 Å². The lowest BCUT2D eigenvalue weighted by atomic mass is 9.90. The Bertz CT molecular complexity index is 759. The molecule has 0 unspecified atom stereocenters. The van der Waals surface area contributed by atoms with Crippen molar-refractivity contribution in [3.63, 3.8) is 0 Å². The van der Waals surface area contributed by atoms with Gasteiger partial charge in [-0.2, -0.15) is 0 Å². The predicted octanol–water partition coefficient (Wildman–Crippen LogP) is 3.52. The van der Waals surface area contributed by atoms with Crippen molar-refractivity contribution in [3.8, 4) is 0 Å². The van der Waals surface area contributed by atoms with Crippen molar-refractivity contribution in [1.82, 2.24) is 4.90 Å². The van der Waals surface area contributed by atoms with Crippen LogP contribution in [0.5, 0.6) is 0 Å². The van der Waals surface area contributed by atoms with Crippen LogP contribution in [0.2, 0.25) is 0 Å². The van der Waals surface area contributed by atoms with Crippen LogP contribution < -0.4 is 0 Å². The highest BCUT2D eigenvalue weighted by atomic mass is 16.6. The third-order valence-corrected chi connectivity index (χ3v) is 4.85. The summed E-state index contributed by atoms with van der Waals surface area (Å²) in [6, 6.07) is 18.6. The number of benzene rings is 2. The molecular formula is C21H23NO3. The number of carbonyl (C=O) groups excluding carboxylic acids is 2. The first-order valence-corrected chi connectivity index (χ1v) is 8.57. The smallest absolute Gasteiger partial charge is 0.329 e. The van der Waals surface area contributed by atoms with Gasteiger partial charge in [-0.1, -0.05) is 60.7 Å². The fourth-order valence-electron chi connectivity index (χ4n) is 3.41. The molecule has 2 aromatic rings. The van der Waals surface area contributed by atoms with Crippen molar-refractivity contribution in [2.24, 2.45) is 0 Å². The molecule has 3 rings (SSSR count). The summed E-state index contributed by atoms with van der Waals surface area (Å²) in [6.07, 6.45) is 0.364. The summed E-state index contributed by atoms with van der Waals surface area (Å²) >= 11 is 0. The topological polar surface area (TPSA) is 46.6 Å². The first kappa shape index (κ1) is 17.2. The average Bonchev–Trinajstić information content (AvgIpc) is 2.62. The molecule has 0 aliphatic carbocycles. The number of cyclic esters (lactones) is 1. The molecule has 0 spiro atoms. The normalized spacial score (nSPS) is 24.8. The minimum Gasteiger partial charge on any atom is -0.447 e. The summed E-state index contributed by atoms with van der Waals surface area (Å²) in [5, 5.41) is 0. The van der Waals surface area contributed by atoms with E-state index >= 15 is 0 Å². The molecule has 130 valence electrons. The Balaban J connectivity index is 1.92. The van der Waals surface area contributed by atoms with Crippen LogP contribution in [0.15, 0.2) is 60.7 Å². The molecule has 1 fully saturated rings. The molecule has 0 saturated carbocycles. The van der Waals surface area contributed by atoms with Crippen LogP contribution in [0.1, 0.15) is 37.9 Å². The summed E-state index contributed by atoms with van der Waals surface area (Å²) < 4.78 is 5.59. The van der Waals surface area contributed by atoms with E-state index in [1.165, 1.54) is 0 Å². The largest absolute Gasteiger partial charge is 0.447 e. The van der Waals surface area contributed by atoms with Crippen molar-refractivity contribution >= 4 is 11.9 Å². The van der Waals surface area contributed by atoms with Crippen LogP contribution in [-0.4, -0.2) is 28.4 Å². The zero-order valence-electron chi connectivity index (χ0n) is 14.8. The molecule has 25 heavy (non-hydrogen) atoms. The Kier molecular flexibility index (Phi) is 4.62. The zero-order chi connectivity index (χ0) is 18.0. The van der Waals surface area contributed by atoms with Crippen LogP contribution in [-0.2, 0) is 20.7 Å². The number of amides is 1. The third-order valence-electron chi connectivity index (χ3n) is 4.85. The monoisotopic (exact) mass is 337 g/mol. The van der Waals surface area contributed by atoms with Crippen LogP contribution >= 0.6 is 0 Å². The molecule has 1 aliphatic rings. The number of ether oxygens (including phenoxy) is 1. The number of rotatable bonds is 4. The minimum absolute atomic E-state index is 0.153. The summed E-state index contributed by atoms with van der Waals surface area (Å²) in [7, 11) is 0. The van der Waals surface area contributed by atoms with E-state index in [1.807, 2.05) is 67.6 Å². The summed E-state index contributed by atoms with van der Waals surface area (Å²) in [6.45, 7) is 5.38. The second-order valence-electron chi connectivity index (χ2n) is 6.79. The van der Waals surface area contributed by atoms with E-state index in [0.717, 1.165) is 11.1 Å². The fourth-order valence-corrected chi connectivity index (χ4v) is 3.41. The highest BCUT2D eigenvalue weighted by Gasteiger charge is 2.50. The maximum Gasteiger partial charge on any atom is 0.329 e. The lowest BCUT2D eigenvalue weighted by Gasteiger charge is -2.45. The second kappa shape index (κ2) is 6.71. The number of hydrogen-bond acceptors (Lipinski definition) is 3. The summed E-state index contributed by atoms with van der Waals surface area (Å²) in [5.41, 5.74) is 0.779. The van der Waals surface area contributed by atoms with Crippen LogP contribution in [0, 0.1) is 0 Å². The molecule has 1 heterocycles. The van der Waals surface area contributed by atoms with Crippen molar-refractivity contribution in [1.29, 1.82) is 0 Å². The van der Waals surface area contributed by atoms with E-state index in [-0.39, 0.29) is 17.9 Å². The van der Waals surface area contributed by atoms with Gasteiger partial charge in [-0.15, -0.1) is 0 Å². The van der Waals surface area contributed by atoms with Crippen LogP contribution in [0.4, 0.5) is 0 Å². The van der Waals surface area contributed by atoms with Crippen molar-refractivity contribution in [2.45, 2.75) is 44.9 Å². The first-order valence-electron chi connectivity index (χ1n) is 8.57. The van der Waals surface area contributed by atoms with E-state index in [1.54, 1.807) is 18.7 Å². The van der Waals surface area contributed by atoms with E-state index in [2.05, 4.69) is 0 Å². The highest BCUT2D eigenvalue weighted by Crippen LogP contribution is 2.33. The molecule has 2 aromatic carbocycles. The molecule has 3 atom stereocenters. The number of hydrogen-bond donors (Lipinski definition) is 0. The summed E-state index contributed by atoms with van der Waals surface area (Å²) in [5.74, 6) is -0.513. The standard InChI is InChI=1S/C21H23NO3/c1-15(18-12-8-5-9-13-18)22-16(2)19(23)25-21(3,20(22)24)14-17-10-6-4-7-11-17/h4-13,15-16H,14H2,1-3H3/t15-,16+,21+/m1/s1. The maximum absolute atomic E-state index is 13.3. The Hall–Kier alpha value is -2.62. The number of esters is 1. The molecular weight excluding hydrogens is 314 g/mol. The van der Waals surface area contributed by atoms with E-state index in [0.29, 0.717) is 6.42 Å². The van der Waals surface area contributed by atoms with Gasteiger partial charge in [0.05, 0.1) is 6.04 Å². The maximum atomic E-state index is 13.3. The minimum atomic E-state index is -1.19. The Morgan fingerprint density at radius 3 is 2.20 bits per heavy atom. The van der Waals surface area contributed by atoms with Gasteiger partial charge in [0, 0.05) is 6.42 Å². The first-order chi connectivity index (χ1) is 11.9. The predicted molar refractivity (Wildman–Crippen MR) is 95.8 cm³/mol. The van der Waals surface area contributed by atoms with Gasteiger partial charge in [0.15, 0.2) is 5.60 Å². The van der Waals surface area contributed by atoms with E-state index in [4.69, 9.17) is 4.74 Å². The molecule has 4 heteroatoms. The molecule has 1 saturated heterocycles. The molecule has 4 nitrogen and oxygen atoms in total. The second-order valence-corrected chi connectivity index (χ2v) is 6.79. The average molecular weight is 337 g/mol. The quantitative estimate of drug-likeness (QED) is 0.802. The van der Waals surface area contributed by atoms with Crippen LogP contribution in [0.25, 0.3) is 0 Å². The Morgan fingerprint density at radius 2 is 1.60 bits per heavy atom. The number of carbonyl (C=O) groups is 2. The third kappa shape index (κ3) is 3.29. The lowest BCUT2D eigenvalue weighted by molar-refractivity contribution is -0.192. The van der Waals surface area contributed by atoms with Gasteiger partial charge in [0.1, 0.15) is 6.04 Å². The van der Waals surface area contributed by atoms with Gasteiger partial charge in [0.2, 0.25) is 0 Å². The van der Waals surface area contributed by atoms with Gasteiger partial charge < -0.3 is 9.64 Å². The van der Waals surface area contributed by atoms with Crippen molar-refractivity contribution in [3.05, 3.63) is 71.8 Å². The zero-order valence-corrected chi connectivity index (χ0v) is 14.8. The SMILES string of the molecule is C[C@H](c1ccccc1)N1C(=O)[C@](C)(Cc2ccccc2)OC(=O)[C@@H]1C. The highest BCUT2D eigenvalue weighted by molar-refractivity contribution is 5.95. The lowest BCUT2D eigenvalue weighted by Crippen LogP contribution is -2.62. The van der Waals surface area contributed by atoms with E-state index < -0.39 is 11.6 Å². The van der Waals surface area contributed by atoms with Crippen molar-refractivity contribution < 1.29 is 14.3 Å². The van der Waals surface area contributed by atoms with Gasteiger partial charge in [-0.25, -0.2) is 4.79 Å². The van der Waals surface area contributed by atoms with Crippen LogP contribution in [0.3, 0.4) is 0 Å². The Labute approximate surface area is 148 Å². The molecule has 0 N–H and O–H groups in total. The molecule has 1 aliphatic heterocycles. The van der Waals surface area contributed by atoms with Gasteiger partial charge >= 0.3 is 5.97 Å². The van der Waals surface area contributed by atoms with Gasteiger partial charge in [0.25, 0.3) is 5.91 Å². The van der Waals surface area contributed by atoms with E-state index in [9.17, 15) is 9.59 Å². The molecule has 0 aromatic heterocycles. The Morgan fingerprint density at radius 1 is 1.04 bits per heavy atom. The number of morpholine rings is 1. The molecule has 0 bridgehead atoms. The number of nitrogens with zero attached hydrogens (tertiary/aromatic N) is 1.